The largest absolute Gasteiger partial charge is 0.392 e. The van der Waals surface area contributed by atoms with E-state index < -0.39 is 0 Å². The number of nitrogens with one attached hydrogen (secondary N) is 1. The number of carbonyl (C=O) groups excluding carboxylic acids is 1. The normalized spacial score (nSPS) is 11.7. The number of benzene rings is 1. The third-order valence-electron chi connectivity index (χ3n) is 3.45. The van der Waals surface area contributed by atoms with E-state index >= 15 is 0 Å². The predicted molar refractivity (Wildman–Crippen MR) is 95.4 cm³/mol. The van der Waals surface area contributed by atoms with Crippen LogP contribution in [-0.2, 0) is 17.9 Å². The standard InChI is InChI=1S/C18H22N2O2S/c1-3-9-20(12-17-8-5-10-23-17)18(22)14(2)19-16-7-4-6-15(11-16)13-21/h3-8,10-11,14,19,21H,1,9,12-13H2,2H3. The van der Waals surface area contributed by atoms with Crippen molar-refractivity contribution in [1.82, 2.24) is 4.90 Å². The number of anilines is 1. The van der Waals surface area contributed by atoms with E-state index in [0.717, 1.165) is 16.1 Å². The highest BCUT2D eigenvalue weighted by atomic mass is 32.1. The fourth-order valence-electron chi connectivity index (χ4n) is 2.32. The molecule has 1 unspecified atom stereocenters. The van der Waals surface area contributed by atoms with Gasteiger partial charge >= 0.3 is 0 Å². The van der Waals surface area contributed by atoms with Crippen LogP contribution in [0.1, 0.15) is 17.4 Å². The number of hydrogen-bond acceptors (Lipinski definition) is 4. The number of rotatable bonds is 8. The summed E-state index contributed by atoms with van der Waals surface area (Å²) in [5.74, 6) is 0.0210. The average Bonchev–Trinajstić information content (AvgIpc) is 3.07. The second-order valence-corrected chi connectivity index (χ2v) is 6.34. The first-order valence-electron chi connectivity index (χ1n) is 7.52. The van der Waals surface area contributed by atoms with Gasteiger partial charge in [-0.05, 0) is 36.1 Å². The summed E-state index contributed by atoms with van der Waals surface area (Å²) in [6.07, 6.45) is 1.74. The lowest BCUT2D eigenvalue weighted by Gasteiger charge is -2.25. The van der Waals surface area contributed by atoms with Crippen molar-refractivity contribution in [2.45, 2.75) is 26.1 Å². The van der Waals surface area contributed by atoms with E-state index in [9.17, 15) is 9.90 Å². The Morgan fingerprint density at radius 2 is 2.26 bits per heavy atom. The van der Waals surface area contributed by atoms with Crippen LogP contribution in [-0.4, -0.2) is 28.5 Å². The molecule has 1 amide bonds. The Morgan fingerprint density at radius 1 is 1.43 bits per heavy atom. The van der Waals surface area contributed by atoms with Crippen LogP contribution in [0.2, 0.25) is 0 Å². The van der Waals surface area contributed by atoms with Gasteiger partial charge in [0, 0.05) is 17.1 Å². The third kappa shape index (κ3) is 4.94. The fraction of sp³-hybridized carbons (Fsp3) is 0.278. The molecule has 1 heterocycles. The minimum atomic E-state index is -0.358. The highest BCUT2D eigenvalue weighted by molar-refractivity contribution is 7.09. The molecule has 23 heavy (non-hydrogen) atoms. The molecule has 1 aromatic carbocycles. The Kier molecular flexibility index (Phi) is 6.38. The second kappa shape index (κ2) is 8.50. The lowest BCUT2D eigenvalue weighted by atomic mass is 10.2. The number of carbonyl (C=O) groups is 1. The monoisotopic (exact) mass is 330 g/mol. The van der Waals surface area contributed by atoms with Crippen molar-refractivity contribution in [2.24, 2.45) is 0 Å². The summed E-state index contributed by atoms with van der Waals surface area (Å²) < 4.78 is 0. The molecule has 0 saturated carbocycles. The van der Waals surface area contributed by atoms with E-state index in [1.807, 2.05) is 48.7 Å². The number of aliphatic hydroxyl groups excluding tert-OH is 1. The van der Waals surface area contributed by atoms with Crippen LogP contribution in [0.3, 0.4) is 0 Å². The Labute approximate surface area is 141 Å². The summed E-state index contributed by atoms with van der Waals surface area (Å²) in [6.45, 7) is 6.67. The number of hydrogen-bond donors (Lipinski definition) is 2. The van der Waals surface area contributed by atoms with Crippen LogP contribution in [0, 0.1) is 0 Å². The third-order valence-corrected chi connectivity index (χ3v) is 4.31. The van der Waals surface area contributed by atoms with Gasteiger partial charge in [-0.3, -0.25) is 4.79 Å². The molecule has 1 aromatic heterocycles. The van der Waals surface area contributed by atoms with E-state index in [2.05, 4.69) is 11.9 Å². The molecule has 0 fully saturated rings. The van der Waals surface area contributed by atoms with Crippen molar-refractivity contribution in [1.29, 1.82) is 0 Å². The van der Waals surface area contributed by atoms with Crippen molar-refractivity contribution >= 4 is 22.9 Å². The molecule has 2 aromatic rings. The maximum atomic E-state index is 12.7. The summed E-state index contributed by atoms with van der Waals surface area (Å²) in [6, 6.07) is 11.1. The number of nitrogens with zero attached hydrogens (tertiary/aromatic N) is 1. The highest BCUT2D eigenvalue weighted by Crippen LogP contribution is 2.15. The minimum absolute atomic E-state index is 0.0151. The number of aliphatic hydroxyl groups is 1. The lowest BCUT2D eigenvalue weighted by Crippen LogP contribution is -2.41. The zero-order chi connectivity index (χ0) is 16.7. The zero-order valence-corrected chi connectivity index (χ0v) is 14.1. The van der Waals surface area contributed by atoms with Gasteiger partial charge in [-0.2, -0.15) is 0 Å². The van der Waals surface area contributed by atoms with E-state index in [-0.39, 0.29) is 18.6 Å². The topological polar surface area (TPSA) is 52.6 Å². The maximum Gasteiger partial charge on any atom is 0.245 e. The highest BCUT2D eigenvalue weighted by Gasteiger charge is 2.20. The van der Waals surface area contributed by atoms with E-state index in [0.29, 0.717) is 13.1 Å². The van der Waals surface area contributed by atoms with Gasteiger partial charge in [0.2, 0.25) is 5.91 Å². The molecule has 1 atom stereocenters. The average molecular weight is 330 g/mol. The van der Waals surface area contributed by atoms with Crippen molar-refractivity contribution in [3.05, 3.63) is 64.9 Å². The molecule has 0 saturated heterocycles. The molecular weight excluding hydrogens is 308 g/mol. The minimum Gasteiger partial charge on any atom is -0.392 e. The maximum absolute atomic E-state index is 12.7. The second-order valence-electron chi connectivity index (χ2n) is 5.31. The molecule has 0 bridgehead atoms. The molecule has 0 spiro atoms. The molecular formula is C18H22N2O2S. The molecule has 0 radical (unpaired) electrons. The van der Waals surface area contributed by atoms with Gasteiger partial charge < -0.3 is 15.3 Å². The molecule has 2 rings (SSSR count). The van der Waals surface area contributed by atoms with E-state index in [1.54, 1.807) is 22.3 Å². The summed E-state index contributed by atoms with van der Waals surface area (Å²) in [7, 11) is 0. The number of amides is 1. The van der Waals surface area contributed by atoms with Crippen LogP contribution >= 0.6 is 11.3 Å². The van der Waals surface area contributed by atoms with Gasteiger partial charge in [-0.1, -0.05) is 24.3 Å². The van der Waals surface area contributed by atoms with E-state index in [1.165, 1.54) is 0 Å². The van der Waals surface area contributed by atoms with Crippen LogP contribution < -0.4 is 5.32 Å². The van der Waals surface area contributed by atoms with Crippen LogP contribution in [0.15, 0.2) is 54.4 Å². The number of thiophene rings is 1. The molecule has 122 valence electrons. The lowest BCUT2D eigenvalue weighted by molar-refractivity contribution is -0.131. The summed E-state index contributed by atoms with van der Waals surface area (Å²) in [5.41, 5.74) is 1.64. The van der Waals surface area contributed by atoms with Gasteiger partial charge in [0.25, 0.3) is 0 Å². The fourth-order valence-corrected chi connectivity index (χ4v) is 3.04. The first-order chi connectivity index (χ1) is 11.1. The first kappa shape index (κ1) is 17.2. The summed E-state index contributed by atoms with van der Waals surface area (Å²) in [4.78, 5) is 15.6. The van der Waals surface area contributed by atoms with Crippen molar-refractivity contribution < 1.29 is 9.90 Å². The zero-order valence-electron chi connectivity index (χ0n) is 13.2. The van der Waals surface area contributed by atoms with Crippen molar-refractivity contribution in [3.63, 3.8) is 0 Å². The van der Waals surface area contributed by atoms with Crippen LogP contribution in [0.5, 0.6) is 0 Å². The van der Waals surface area contributed by atoms with Gasteiger partial charge in [0.15, 0.2) is 0 Å². The Bertz CT molecular complexity index is 640. The van der Waals surface area contributed by atoms with Gasteiger partial charge in [-0.15, -0.1) is 17.9 Å². The van der Waals surface area contributed by atoms with Gasteiger partial charge in [-0.25, -0.2) is 0 Å². The quantitative estimate of drug-likeness (QED) is 0.731. The summed E-state index contributed by atoms with van der Waals surface area (Å²) in [5, 5.41) is 14.4. The Balaban J connectivity index is 2.04. The Morgan fingerprint density at radius 3 is 2.91 bits per heavy atom. The van der Waals surface area contributed by atoms with E-state index in [4.69, 9.17) is 0 Å². The molecule has 0 aliphatic rings. The molecule has 2 N–H and O–H groups in total. The molecule has 5 heteroatoms. The van der Waals surface area contributed by atoms with Crippen molar-refractivity contribution in [3.8, 4) is 0 Å². The SMILES string of the molecule is C=CCN(Cc1cccs1)C(=O)C(C)Nc1cccc(CO)c1. The van der Waals surface area contributed by atoms with Gasteiger partial charge in [0.1, 0.15) is 6.04 Å². The van der Waals surface area contributed by atoms with Crippen LogP contribution in [0.4, 0.5) is 5.69 Å². The van der Waals surface area contributed by atoms with Crippen LogP contribution in [0.25, 0.3) is 0 Å². The van der Waals surface area contributed by atoms with Crippen molar-refractivity contribution in [2.75, 3.05) is 11.9 Å². The first-order valence-corrected chi connectivity index (χ1v) is 8.40. The summed E-state index contributed by atoms with van der Waals surface area (Å²) >= 11 is 1.64. The molecule has 4 nitrogen and oxygen atoms in total. The molecule has 0 aliphatic carbocycles. The Hall–Kier alpha value is -2.11. The predicted octanol–water partition coefficient (Wildman–Crippen LogP) is 3.26. The smallest absolute Gasteiger partial charge is 0.245 e. The van der Waals surface area contributed by atoms with Gasteiger partial charge in [0.05, 0.1) is 13.2 Å². The molecule has 0 aliphatic heterocycles.